The van der Waals surface area contributed by atoms with Crippen molar-refractivity contribution in [2.24, 2.45) is 5.73 Å². The number of hydrogen-bond acceptors (Lipinski definition) is 3. The maximum Gasteiger partial charge on any atom is -0.000962 e. The Morgan fingerprint density at radius 1 is 1.36 bits per heavy atom. The molecule has 1 fully saturated rings. The molecule has 1 rings (SSSR count). The van der Waals surface area contributed by atoms with Crippen LogP contribution in [0.2, 0.25) is 0 Å². The second-order valence-electron chi connectivity index (χ2n) is 3.51. The van der Waals surface area contributed by atoms with Gasteiger partial charge in [0.25, 0.3) is 0 Å². The first-order valence-electron chi connectivity index (χ1n) is 4.09. The van der Waals surface area contributed by atoms with Crippen LogP contribution in [0.4, 0.5) is 0 Å². The van der Waals surface area contributed by atoms with Gasteiger partial charge in [-0.3, -0.25) is 10.4 Å². The van der Waals surface area contributed by atoms with Gasteiger partial charge >= 0.3 is 0 Å². The van der Waals surface area contributed by atoms with Crippen LogP contribution in [0.3, 0.4) is 0 Å². The minimum Gasteiger partial charge on any atom is -0.462 e. The van der Waals surface area contributed by atoms with Gasteiger partial charge in [0.05, 0.1) is 0 Å². The predicted octanol–water partition coefficient (Wildman–Crippen LogP) is 1.04. The zero-order chi connectivity index (χ0) is 8.32. The van der Waals surface area contributed by atoms with Crippen LogP contribution in [-0.2, 0) is 14.6 Å². The van der Waals surface area contributed by atoms with E-state index in [2.05, 4.69) is 5.87 Å². The molecule has 1 aliphatic rings. The smallest absolute Gasteiger partial charge is 0.000962 e. The Kier molecular flexibility index (Phi) is 2.96. The molecule has 0 atom stereocenters. The Morgan fingerprint density at radius 2 is 1.91 bits per heavy atom. The highest BCUT2D eigenvalue weighted by Crippen LogP contribution is 2.25. The second kappa shape index (κ2) is 3.59. The lowest BCUT2D eigenvalue weighted by molar-refractivity contribution is 0.326. The fraction of sp³-hybridized carbons (Fsp3) is 0.875. The Bertz CT molecular complexity index is 184. The maximum atomic E-state index is 10.8. The third-order valence-electron chi connectivity index (χ3n) is 2.30. The van der Waals surface area contributed by atoms with E-state index in [0.717, 1.165) is 12.8 Å². The highest BCUT2D eigenvalue weighted by Gasteiger charge is 2.23. The van der Waals surface area contributed by atoms with Gasteiger partial charge in [-0.1, -0.05) is 25.0 Å². The van der Waals surface area contributed by atoms with Crippen molar-refractivity contribution < 1.29 is 4.21 Å². The van der Waals surface area contributed by atoms with Gasteiger partial charge in [-0.25, -0.2) is 0 Å². The van der Waals surface area contributed by atoms with E-state index in [-0.39, 0.29) is 5.54 Å². The summed E-state index contributed by atoms with van der Waals surface area (Å²) >= 11 is 0. The van der Waals surface area contributed by atoms with E-state index >= 15 is 0 Å². The molecule has 0 aliphatic heterocycles. The van der Waals surface area contributed by atoms with E-state index in [1.54, 1.807) is 0 Å². The van der Waals surface area contributed by atoms with E-state index in [1.165, 1.54) is 19.3 Å². The third-order valence-corrected chi connectivity index (χ3v) is 3.19. The fourth-order valence-electron chi connectivity index (χ4n) is 1.72. The molecule has 66 valence electrons. The molecular formula is C8H16NOS-. The van der Waals surface area contributed by atoms with Crippen LogP contribution in [0.25, 0.3) is 0 Å². The fourth-order valence-corrected chi connectivity index (χ4v) is 2.65. The molecule has 0 bridgehead atoms. The molecule has 11 heavy (non-hydrogen) atoms. The predicted molar refractivity (Wildman–Crippen MR) is 50.0 cm³/mol. The van der Waals surface area contributed by atoms with Crippen molar-refractivity contribution in [3.05, 3.63) is 0 Å². The molecule has 2 nitrogen and oxygen atoms in total. The summed E-state index contributed by atoms with van der Waals surface area (Å²) in [5.41, 5.74) is 5.87. The normalized spacial score (nSPS) is 23.8. The molecule has 0 radical (unpaired) electrons. The number of hydrogen-bond donors (Lipinski definition) is 1. The summed E-state index contributed by atoms with van der Waals surface area (Å²) in [5, 5.41) is 0. The lowest BCUT2D eigenvalue weighted by Gasteiger charge is -2.35. The third kappa shape index (κ3) is 2.83. The molecule has 0 unspecified atom stereocenters. The SMILES string of the molecule is C=[S-](=O)CC1(N)CCCCC1. The molecule has 0 amide bonds. The van der Waals surface area contributed by atoms with Gasteiger partial charge in [0.2, 0.25) is 0 Å². The zero-order valence-corrected chi connectivity index (χ0v) is 7.66. The lowest BCUT2D eigenvalue weighted by Crippen LogP contribution is -2.45. The van der Waals surface area contributed by atoms with Crippen LogP contribution in [0, 0.1) is 0 Å². The monoisotopic (exact) mass is 174 g/mol. The minimum atomic E-state index is -0.977. The summed E-state index contributed by atoms with van der Waals surface area (Å²) in [6.07, 6.45) is 5.70. The van der Waals surface area contributed by atoms with Gasteiger partial charge in [-0.05, 0) is 18.4 Å². The molecule has 2 N–H and O–H groups in total. The van der Waals surface area contributed by atoms with Gasteiger partial charge in [0, 0.05) is 0 Å². The van der Waals surface area contributed by atoms with Crippen LogP contribution in [0.15, 0.2) is 0 Å². The topological polar surface area (TPSA) is 43.1 Å². The summed E-state index contributed by atoms with van der Waals surface area (Å²) in [4.78, 5) is 0. The number of nitrogens with two attached hydrogens (primary N) is 1. The standard InChI is InChI=1S/C8H16NOS/c1-11(10)7-8(9)5-3-2-4-6-8/h1-7,9H2/q-1. The molecule has 0 spiro atoms. The molecule has 3 heteroatoms. The number of rotatable bonds is 2. The van der Waals surface area contributed by atoms with E-state index in [1.807, 2.05) is 0 Å². The zero-order valence-electron chi connectivity index (χ0n) is 6.84. The summed E-state index contributed by atoms with van der Waals surface area (Å²) in [7, 11) is -0.977. The van der Waals surface area contributed by atoms with Gasteiger partial charge in [-0.2, -0.15) is 5.87 Å². The van der Waals surface area contributed by atoms with Crippen molar-refractivity contribution in [1.82, 2.24) is 0 Å². The molecule has 0 saturated heterocycles. The van der Waals surface area contributed by atoms with Gasteiger partial charge in [0.1, 0.15) is 0 Å². The Balaban J connectivity index is 2.49. The average molecular weight is 174 g/mol. The molecule has 0 aromatic rings. The summed E-state index contributed by atoms with van der Waals surface area (Å²) in [5.74, 6) is 4.05. The lowest BCUT2D eigenvalue weighted by atomic mass is 9.84. The van der Waals surface area contributed by atoms with Gasteiger partial charge in [-0.15, -0.1) is 0 Å². The molecule has 1 aliphatic carbocycles. The van der Waals surface area contributed by atoms with Crippen LogP contribution < -0.4 is 5.73 Å². The highest BCUT2D eigenvalue weighted by molar-refractivity contribution is 7.82. The van der Waals surface area contributed by atoms with Crippen LogP contribution in [0.1, 0.15) is 32.1 Å². The van der Waals surface area contributed by atoms with Crippen molar-refractivity contribution >= 4 is 16.3 Å². The van der Waals surface area contributed by atoms with E-state index in [4.69, 9.17) is 5.73 Å². The van der Waals surface area contributed by atoms with E-state index in [9.17, 15) is 4.21 Å². The first-order chi connectivity index (χ1) is 5.12. The van der Waals surface area contributed by atoms with Crippen LogP contribution in [0.5, 0.6) is 0 Å². The van der Waals surface area contributed by atoms with Gasteiger partial charge in [0.15, 0.2) is 0 Å². The van der Waals surface area contributed by atoms with Crippen LogP contribution >= 0.6 is 0 Å². The molecule has 0 aromatic carbocycles. The van der Waals surface area contributed by atoms with Gasteiger partial charge < -0.3 is 9.94 Å². The summed E-state index contributed by atoms with van der Waals surface area (Å²) in [6, 6.07) is 0. The largest absolute Gasteiger partial charge is 0.462 e. The van der Waals surface area contributed by atoms with Crippen LogP contribution in [-0.4, -0.2) is 17.2 Å². The summed E-state index contributed by atoms with van der Waals surface area (Å²) in [6.45, 7) is 0. The van der Waals surface area contributed by atoms with Crippen molar-refractivity contribution in [2.45, 2.75) is 37.6 Å². The van der Waals surface area contributed by atoms with E-state index < -0.39 is 10.4 Å². The maximum absolute atomic E-state index is 10.8. The molecule has 0 aromatic heterocycles. The minimum absolute atomic E-state index is 0.162. The van der Waals surface area contributed by atoms with Crippen molar-refractivity contribution in [2.75, 3.05) is 5.75 Å². The quantitative estimate of drug-likeness (QED) is 0.502. The second-order valence-corrected chi connectivity index (χ2v) is 4.68. The Morgan fingerprint density at radius 3 is 2.36 bits per heavy atom. The van der Waals surface area contributed by atoms with Crippen molar-refractivity contribution in [3.63, 3.8) is 0 Å². The molecule has 1 saturated carbocycles. The van der Waals surface area contributed by atoms with Crippen molar-refractivity contribution in [1.29, 1.82) is 0 Å². The summed E-state index contributed by atoms with van der Waals surface area (Å²) < 4.78 is 10.8. The highest BCUT2D eigenvalue weighted by atomic mass is 32.2. The first-order valence-corrected chi connectivity index (χ1v) is 5.58. The Labute approximate surface area is 70.2 Å². The first kappa shape index (κ1) is 9.07. The Hall–Kier alpha value is -0.0200. The van der Waals surface area contributed by atoms with Crippen molar-refractivity contribution in [3.8, 4) is 0 Å². The molecular weight excluding hydrogens is 158 g/mol. The molecule has 0 heterocycles. The average Bonchev–Trinajstić information content (AvgIpc) is 1.85. The van der Waals surface area contributed by atoms with E-state index in [0.29, 0.717) is 5.75 Å².